The molecule has 1 aromatic carbocycles. The topological polar surface area (TPSA) is 82.8 Å². The van der Waals surface area contributed by atoms with Crippen LogP contribution in [0.1, 0.15) is 38.7 Å². The minimum atomic E-state index is -0.424. The molecule has 1 atom stereocenters. The van der Waals surface area contributed by atoms with Gasteiger partial charge in [-0.1, -0.05) is 19.1 Å². The van der Waals surface area contributed by atoms with Gasteiger partial charge in [-0.15, -0.1) is 0 Å². The Morgan fingerprint density at radius 1 is 1.29 bits per heavy atom. The molecule has 156 valence electrons. The fourth-order valence-corrected chi connectivity index (χ4v) is 3.49. The zero-order valence-electron chi connectivity index (χ0n) is 17.1. The number of hydrogen-bond donors (Lipinski definition) is 3. The van der Waals surface area contributed by atoms with Gasteiger partial charge in [0.2, 0.25) is 5.91 Å². The monoisotopic (exact) mass is 391 g/mol. The number of halogens is 1. The number of hydrogen-bond acceptors (Lipinski definition) is 3. The average Bonchev–Trinajstić information content (AvgIpc) is 2.68. The van der Waals surface area contributed by atoms with Crippen LogP contribution < -0.4 is 16.4 Å². The summed E-state index contributed by atoms with van der Waals surface area (Å²) >= 11 is 0. The zero-order valence-corrected chi connectivity index (χ0v) is 17.1. The zero-order chi connectivity index (χ0) is 20.4. The molecule has 2 rings (SSSR count). The van der Waals surface area contributed by atoms with Crippen molar-refractivity contribution in [1.29, 1.82) is 0 Å². The van der Waals surface area contributed by atoms with Crippen molar-refractivity contribution >= 4 is 11.9 Å². The fourth-order valence-electron chi connectivity index (χ4n) is 3.49. The van der Waals surface area contributed by atoms with Crippen molar-refractivity contribution < 1.29 is 9.18 Å². The molecular weight excluding hydrogens is 357 g/mol. The maximum atomic E-state index is 13.1. The molecule has 1 unspecified atom stereocenters. The van der Waals surface area contributed by atoms with Crippen molar-refractivity contribution in [3.8, 4) is 0 Å². The molecule has 0 aliphatic carbocycles. The smallest absolute Gasteiger partial charge is 0.222 e. The van der Waals surface area contributed by atoms with Crippen LogP contribution in [0.25, 0.3) is 0 Å². The van der Waals surface area contributed by atoms with E-state index in [2.05, 4.69) is 27.4 Å². The molecular formula is C21H34FN5O. The van der Waals surface area contributed by atoms with Gasteiger partial charge in [-0.05, 0) is 56.8 Å². The van der Waals surface area contributed by atoms with Crippen LogP contribution in [0.2, 0.25) is 0 Å². The number of aliphatic imine (C=N–C) groups is 1. The first kappa shape index (κ1) is 22.1. The lowest BCUT2D eigenvalue weighted by Crippen LogP contribution is -2.49. The molecule has 0 spiro atoms. The number of rotatable bonds is 9. The van der Waals surface area contributed by atoms with Gasteiger partial charge in [0.1, 0.15) is 5.82 Å². The van der Waals surface area contributed by atoms with Gasteiger partial charge in [-0.2, -0.15) is 0 Å². The first-order chi connectivity index (χ1) is 13.5. The Morgan fingerprint density at radius 2 is 1.96 bits per heavy atom. The lowest BCUT2D eigenvalue weighted by Gasteiger charge is -2.32. The normalized spacial score (nSPS) is 17.3. The number of likely N-dealkylation sites (tertiary alicyclic amines) is 1. The summed E-state index contributed by atoms with van der Waals surface area (Å²) in [5, 5.41) is 6.75. The molecule has 1 aromatic rings. The molecule has 1 saturated heterocycles. The molecule has 4 N–H and O–H groups in total. The molecule has 28 heavy (non-hydrogen) atoms. The van der Waals surface area contributed by atoms with E-state index in [-0.39, 0.29) is 5.82 Å². The van der Waals surface area contributed by atoms with Gasteiger partial charge in [0.15, 0.2) is 5.96 Å². The number of guanidine groups is 1. The minimum Gasteiger partial charge on any atom is -0.369 e. The van der Waals surface area contributed by atoms with E-state index in [9.17, 15) is 9.18 Å². The molecule has 1 heterocycles. The molecule has 1 aliphatic rings. The summed E-state index contributed by atoms with van der Waals surface area (Å²) in [6, 6.07) is 6.54. The molecule has 0 aromatic heterocycles. The average molecular weight is 392 g/mol. The van der Waals surface area contributed by atoms with E-state index in [0.29, 0.717) is 19.0 Å². The summed E-state index contributed by atoms with van der Waals surface area (Å²) in [4.78, 5) is 19.0. The van der Waals surface area contributed by atoms with Crippen molar-refractivity contribution in [2.75, 3.05) is 32.7 Å². The van der Waals surface area contributed by atoms with Crippen LogP contribution in [0.5, 0.6) is 0 Å². The Bertz CT molecular complexity index is 626. The van der Waals surface area contributed by atoms with Crippen LogP contribution in [-0.4, -0.2) is 55.5 Å². The lowest BCUT2D eigenvalue weighted by atomic mass is 9.99. The summed E-state index contributed by atoms with van der Waals surface area (Å²) < 4.78 is 13.1. The first-order valence-corrected chi connectivity index (χ1v) is 10.3. The molecule has 1 aliphatic heterocycles. The van der Waals surface area contributed by atoms with Gasteiger partial charge in [0, 0.05) is 25.7 Å². The van der Waals surface area contributed by atoms with Crippen molar-refractivity contribution in [1.82, 2.24) is 15.5 Å². The highest BCUT2D eigenvalue weighted by Crippen LogP contribution is 2.12. The van der Waals surface area contributed by atoms with Gasteiger partial charge in [0.25, 0.3) is 0 Å². The Hall–Kier alpha value is -2.15. The number of carbonyl (C=O) groups is 1. The molecule has 0 bridgehead atoms. The van der Waals surface area contributed by atoms with Crippen LogP contribution in [0, 0.1) is 11.7 Å². The Labute approximate surface area is 167 Å². The van der Waals surface area contributed by atoms with Crippen LogP contribution >= 0.6 is 0 Å². The second-order valence-electron chi connectivity index (χ2n) is 7.41. The Kier molecular flexibility index (Phi) is 9.20. The fraction of sp³-hybridized carbons (Fsp3) is 0.619. The molecule has 0 saturated carbocycles. The van der Waals surface area contributed by atoms with Crippen LogP contribution in [-0.2, 0) is 11.2 Å². The number of piperidine rings is 1. The first-order valence-electron chi connectivity index (χ1n) is 10.3. The molecule has 0 radical (unpaired) electrons. The summed E-state index contributed by atoms with van der Waals surface area (Å²) in [5.41, 5.74) is 6.45. The summed E-state index contributed by atoms with van der Waals surface area (Å²) in [6.07, 6.45) is 3.80. The number of benzene rings is 1. The number of amides is 1. The second kappa shape index (κ2) is 11.6. The largest absolute Gasteiger partial charge is 0.369 e. The third-order valence-electron chi connectivity index (χ3n) is 5.08. The quantitative estimate of drug-likeness (QED) is 0.444. The summed E-state index contributed by atoms with van der Waals surface area (Å²) in [7, 11) is 0. The third-order valence-corrected chi connectivity index (χ3v) is 5.08. The molecule has 1 fully saturated rings. The van der Waals surface area contributed by atoms with Crippen LogP contribution in [0.15, 0.2) is 29.3 Å². The van der Waals surface area contributed by atoms with Crippen LogP contribution in [0.4, 0.5) is 4.39 Å². The maximum Gasteiger partial charge on any atom is 0.222 e. The van der Waals surface area contributed by atoms with E-state index in [4.69, 9.17) is 5.73 Å². The number of nitrogens with one attached hydrogen (secondary N) is 2. The molecule has 7 heteroatoms. The maximum absolute atomic E-state index is 13.1. The predicted octanol–water partition coefficient (Wildman–Crippen LogP) is 1.90. The van der Waals surface area contributed by atoms with E-state index in [1.54, 1.807) is 12.1 Å². The predicted molar refractivity (Wildman–Crippen MR) is 112 cm³/mol. The summed E-state index contributed by atoms with van der Waals surface area (Å²) in [6.45, 7) is 8.63. The van der Waals surface area contributed by atoms with E-state index in [0.717, 1.165) is 50.5 Å². The van der Waals surface area contributed by atoms with E-state index < -0.39 is 11.8 Å². The van der Waals surface area contributed by atoms with E-state index in [1.807, 2.05) is 6.92 Å². The Morgan fingerprint density at radius 3 is 2.54 bits per heavy atom. The van der Waals surface area contributed by atoms with E-state index >= 15 is 0 Å². The number of nitrogens with zero attached hydrogens (tertiary/aromatic N) is 2. The highest BCUT2D eigenvalue weighted by atomic mass is 19.1. The van der Waals surface area contributed by atoms with Crippen molar-refractivity contribution in [3.05, 3.63) is 35.6 Å². The van der Waals surface area contributed by atoms with Crippen molar-refractivity contribution in [2.24, 2.45) is 16.6 Å². The molecule has 1 amide bonds. The number of primary amides is 1. The Balaban J connectivity index is 1.93. The number of nitrogens with two attached hydrogens (primary N) is 1. The van der Waals surface area contributed by atoms with Gasteiger partial charge in [-0.3, -0.25) is 9.79 Å². The summed E-state index contributed by atoms with van der Waals surface area (Å²) in [5.74, 6) is -0.382. The van der Waals surface area contributed by atoms with E-state index in [1.165, 1.54) is 18.6 Å². The highest BCUT2D eigenvalue weighted by molar-refractivity contribution is 5.81. The second-order valence-corrected chi connectivity index (χ2v) is 7.41. The SMILES string of the molecule is CCCN1CCC(NC(=NCC(Cc2ccc(F)cc2)C(N)=O)NCC)CC1. The van der Waals surface area contributed by atoms with Crippen LogP contribution in [0.3, 0.4) is 0 Å². The van der Waals surface area contributed by atoms with Gasteiger partial charge < -0.3 is 21.3 Å². The molecule has 6 nitrogen and oxygen atoms in total. The highest BCUT2D eigenvalue weighted by Gasteiger charge is 2.20. The third kappa shape index (κ3) is 7.46. The van der Waals surface area contributed by atoms with Gasteiger partial charge in [-0.25, -0.2) is 4.39 Å². The standard InChI is InChI=1S/C21H34FN5O/c1-3-11-27-12-9-19(10-13-27)26-21(24-4-2)25-15-17(20(23)28)14-16-5-7-18(22)8-6-16/h5-8,17,19H,3-4,9-15H2,1-2H3,(H2,23,28)(H2,24,25,26). The lowest BCUT2D eigenvalue weighted by molar-refractivity contribution is -0.121. The number of carbonyl (C=O) groups excluding carboxylic acids is 1. The van der Waals surface area contributed by atoms with Crippen molar-refractivity contribution in [3.63, 3.8) is 0 Å². The van der Waals surface area contributed by atoms with Crippen molar-refractivity contribution in [2.45, 2.75) is 45.6 Å². The van der Waals surface area contributed by atoms with Gasteiger partial charge >= 0.3 is 0 Å². The van der Waals surface area contributed by atoms with Gasteiger partial charge in [0.05, 0.1) is 12.5 Å². The minimum absolute atomic E-state index is 0.291.